The summed E-state index contributed by atoms with van der Waals surface area (Å²) in [6.07, 6.45) is -0.661. The summed E-state index contributed by atoms with van der Waals surface area (Å²) in [5, 5.41) is 18.1. The highest BCUT2D eigenvalue weighted by atomic mass is 16.6. The molecule has 0 bridgehead atoms. The van der Waals surface area contributed by atoms with Gasteiger partial charge in [0.2, 0.25) is 0 Å². The molecule has 0 radical (unpaired) electrons. The molecule has 0 aliphatic carbocycles. The van der Waals surface area contributed by atoms with Gasteiger partial charge in [0.25, 0.3) is 0 Å². The Morgan fingerprint density at radius 3 is 3.06 bits per heavy atom. The van der Waals surface area contributed by atoms with Crippen molar-refractivity contribution in [2.45, 2.75) is 6.10 Å². The molecule has 86 valence electrons. The second kappa shape index (κ2) is 6.80. The first-order chi connectivity index (χ1) is 7.76. The predicted octanol–water partition coefficient (Wildman–Crippen LogP) is 0.449. The zero-order chi connectivity index (χ0) is 11.8. The lowest BCUT2D eigenvalue weighted by Gasteiger charge is -2.12. The lowest BCUT2D eigenvalue weighted by molar-refractivity contribution is 0.0322. The first-order valence-electron chi connectivity index (χ1n) is 4.83. The predicted molar refractivity (Wildman–Crippen MR) is 57.7 cm³/mol. The number of aliphatic hydroxyl groups is 1. The molecule has 0 aromatic heterocycles. The summed E-state index contributed by atoms with van der Waals surface area (Å²) < 4.78 is 5.31. The van der Waals surface area contributed by atoms with Crippen molar-refractivity contribution in [3.63, 3.8) is 0 Å². The molecule has 2 N–H and O–H groups in total. The summed E-state index contributed by atoms with van der Waals surface area (Å²) in [6, 6.07) is 8.79. The molecule has 0 saturated heterocycles. The standard InChI is InChI=1S/C11H14N2O3/c1-15-13-7-10(14)8-16-11-4-2-3-9(5-11)6-12/h2-5,10,13-14H,7-8H2,1H3. The minimum atomic E-state index is -0.661. The van der Waals surface area contributed by atoms with Crippen molar-refractivity contribution in [3.8, 4) is 11.8 Å². The van der Waals surface area contributed by atoms with Crippen LogP contribution >= 0.6 is 0 Å². The van der Waals surface area contributed by atoms with Crippen molar-refractivity contribution >= 4 is 0 Å². The van der Waals surface area contributed by atoms with E-state index in [1.165, 1.54) is 7.11 Å². The van der Waals surface area contributed by atoms with Gasteiger partial charge in [0.05, 0.1) is 25.3 Å². The maximum Gasteiger partial charge on any atom is 0.120 e. The Kier molecular flexibility index (Phi) is 5.29. The molecule has 1 aromatic carbocycles. The summed E-state index contributed by atoms with van der Waals surface area (Å²) in [7, 11) is 1.48. The first-order valence-corrected chi connectivity index (χ1v) is 4.83. The molecule has 16 heavy (non-hydrogen) atoms. The maximum absolute atomic E-state index is 9.44. The fraction of sp³-hybridized carbons (Fsp3) is 0.364. The fourth-order valence-corrected chi connectivity index (χ4v) is 1.09. The molecule has 1 unspecified atom stereocenters. The van der Waals surface area contributed by atoms with Crippen molar-refractivity contribution in [2.75, 3.05) is 20.3 Å². The van der Waals surface area contributed by atoms with E-state index in [4.69, 9.17) is 10.00 Å². The Labute approximate surface area is 94.2 Å². The summed E-state index contributed by atoms with van der Waals surface area (Å²) in [6.45, 7) is 0.430. The van der Waals surface area contributed by atoms with E-state index in [2.05, 4.69) is 10.3 Å². The Morgan fingerprint density at radius 1 is 1.56 bits per heavy atom. The second-order valence-corrected chi connectivity index (χ2v) is 3.16. The molecule has 5 heteroatoms. The smallest absolute Gasteiger partial charge is 0.120 e. The fourth-order valence-electron chi connectivity index (χ4n) is 1.09. The number of nitrogens with zero attached hydrogens (tertiary/aromatic N) is 1. The molecule has 0 saturated carbocycles. The van der Waals surface area contributed by atoms with Crippen LogP contribution in [0.3, 0.4) is 0 Å². The van der Waals surface area contributed by atoms with E-state index in [1.54, 1.807) is 24.3 Å². The van der Waals surface area contributed by atoms with Crippen LogP contribution in [0.25, 0.3) is 0 Å². The Balaban J connectivity index is 2.39. The Morgan fingerprint density at radius 2 is 2.38 bits per heavy atom. The molecule has 5 nitrogen and oxygen atoms in total. The molecule has 0 amide bonds. The van der Waals surface area contributed by atoms with E-state index in [0.29, 0.717) is 11.3 Å². The molecule has 1 aromatic rings. The molecule has 1 atom stereocenters. The first kappa shape index (κ1) is 12.5. The van der Waals surface area contributed by atoms with Gasteiger partial charge in [-0.25, -0.2) is 5.48 Å². The molecule has 0 aliphatic rings. The number of hydrogen-bond acceptors (Lipinski definition) is 5. The monoisotopic (exact) mass is 222 g/mol. The number of benzene rings is 1. The highest BCUT2D eigenvalue weighted by Gasteiger charge is 2.04. The van der Waals surface area contributed by atoms with E-state index >= 15 is 0 Å². The van der Waals surface area contributed by atoms with Crippen molar-refractivity contribution in [1.82, 2.24) is 5.48 Å². The molecule has 1 rings (SSSR count). The van der Waals surface area contributed by atoms with Crippen molar-refractivity contribution in [2.24, 2.45) is 0 Å². The van der Waals surface area contributed by atoms with Gasteiger partial charge in [0.1, 0.15) is 18.5 Å². The van der Waals surface area contributed by atoms with E-state index in [9.17, 15) is 5.11 Å². The Bertz CT molecular complexity index is 362. The van der Waals surface area contributed by atoms with Crippen molar-refractivity contribution in [1.29, 1.82) is 5.26 Å². The van der Waals surface area contributed by atoms with E-state index in [0.717, 1.165) is 0 Å². The average Bonchev–Trinajstić information content (AvgIpc) is 2.34. The van der Waals surface area contributed by atoms with Crippen LogP contribution in [-0.4, -0.2) is 31.5 Å². The Hall–Kier alpha value is -1.61. The molecule has 0 heterocycles. The highest BCUT2D eigenvalue weighted by molar-refractivity contribution is 5.36. The van der Waals surface area contributed by atoms with Gasteiger partial charge in [0, 0.05) is 0 Å². The van der Waals surface area contributed by atoms with Crippen LogP contribution in [0.5, 0.6) is 5.75 Å². The SMILES string of the molecule is CONCC(O)COc1cccc(C#N)c1. The van der Waals surface area contributed by atoms with Crippen molar-refractivity contribution < 1.29 is 14.7 Å². The van der Waals surface area contributed by atoms with Gasteiger partial charge in [-0.3, -0.25) is 0 Å². The normalized spacial score (nSPS) is 11.8. The van der Waals surface area contributed by atoms with Gasteiger partial charge in [-0.15, -0.1) is 0 Å². The number of hydroxylamine groups is 1. The van der Waals surface area contributed by atoms with Gasteiger partial charge in [-0.2, -0.15) is 5.26 Å². The van der Waals surface area contributed by atoms with E-state index in [1.807, 2.05) is 6.07 Å². The lowest BCUT2D eigenvalue weighted by Crippen LogP contribution is -2.30. The zero-order valence-electron chi connectivity index (χ0n) is 9.01. The third kappa shape index (κ3) is 4.28. The van der Waals surface area contributed by atoms with Gasteiger partial charge in [0.15, 0.2) is 0 Å². The van der Waals surface area contributed by atoms with Crippen LogP contribution in [0.4, 0.5) is 0 Å². The second-order valence-electron chi connectivity index (χ2n) is 3.16. The minimum absolute atomic E-state index is 0.144. The van der Waals surface area contributed by atoms with Crippen LogP contribution in [-0.2, 0) is 4.84 Å². The number of aliphatic hydroxyl groups excluding tert-OH is 1. The maximum atomic E-state index is 9.44. The lowest BCUT2D eigenvalue weighted by atomic mass is 10.2. The largest absolute Gasteiger partial charge is 0.491 e. The summed E-state index contributed by atoms with van der Waals surface area (Å²) in [4.78, 5) is 4.59. The quantitative estimate of drug-likeness (QED) is 0.683. The van der Waals surface area contributed by atoms with Gasteiger partial charge < -0.3 is 14.7 Å². The van der Waals surface area contributed by atoms with Crippen LogP contribution in [0.15, 0.2) is 24.3 Å². The van der Waals surface area contributed by atoms with Crippen LogP contribution in [0.2, 0.25) is 0 Å². The molecule has 0 fully saturated rings. The van der Waals surface area contributed by atoms with Crippen molar-refractivity contribution in [3.05, 3.63) is 29.8 Å². The van der Waals surface area contributed by atoms with Gasteiger partial charge >= 0.3 is 0 Å². The molecule has 0 aliphatic heterocycles. The molecular formula is C11H14N2O3. The zero-order valence-corrected chi connectivity index (χ0v) is 9.01. The van der Waals surface area contributed by atoms with Crippen LogP contribution < -0.4 is 10.2 Å². The van der Waals surface area contributed by atoms with Gasteiger partial charge in [-0.1, -0.05) is 6.07 Å². The van der Waals surface area contributed by atoms with E-state index in [-0.39, 0.29) is 13.2 Å². The number of hydrogen-bond donors (Lipinski definition) is 2. The third-order valence-corrected chi connectivity index (χ3v) is 1.87. The van der Waals surface area contributed by atoms with E-state index < -0.39 is 6.10 Å². The number of rotatable bonds is 6. The third-order valence-electron chi connectivity index (χ3n) is 1.87. The number of nitriles is 1. The van der Waals surface area contributed by atoms with Crippen LogP contribution in [0.1, 0.15) is 5.56 Å². The molecular weight excluding hydrogens is 208 g/mol. The average molecular weight is 222 g/mol. The summed E-state index contributed by atoms with van der Waals surface area (Å²) in [5.74, 6) is 0.565. The van der Waals surface area contributed by atoms with Gasteiger partial charge in [-0.05, 0) is 18.2 Å². The highest BCUT2D eigenvalue weighted by Crippen LogP contribution is 2.12. The minimum Gasteiger partial charge on any atom is -0.491 e. The number of nitrogens with one attached hydrogen (secondary N) is 1. The summed E-state index contributed by atoms with van der Waals surface area (Å²) in [5.41, 5.74) is 3.05. The molecule has 0 spiro atoms. The topological polar surface area (TPSA) is 74.5 Å². The summed E-state index contributed by atoms with van der Waals surface area (Å²) >= 11 is 0. The van der Waals surface area contributed by atoms with Crippen LogP contribution in [0, 0.1) is 11.3 Å². The number of ether oxygens (including phenoxy) is 1.